The van der Waals surface area contributed by atoms with Gasteiger partial charge in [0.2, 0.25) is 0 Å². The number of esters is 1. The molecule has 1 aromatic rings. The van der Waals surface area contributed by atoms with E-state index in [0.29, 0.717) is 19.3 Å². The van der Waals surface area contributed by atoms with Gasteiger partial charge in [-0.1, -0.05) is 30.2 Å². The molecule has 1 saturated carbocycles. The average molecular weight is 368 g/mol. The molecule has 0 N–H and O–H groups in total. The lowest BCUT2D eigenvalue weighted by molar-refractivity contribution is -0.148. The third-order valence-electron chi connectivity index (χ3n) is 5.22. The van der Waals surface area contributed by atoms with Gasteiger partial charge in [-0.15, -0.1) is 0 Å². The molecule has 1 unspecified atom stereocenters. The maximum absolute atomic E-state index is 11.3. The van der Waals surface area contributed by atoms with Crippen LogP contribution in [0.1, 0.15) is 44.6 Å². The summed E-state index contributed by atoms with van der Waals surface area (Å²) in [4.78, 5) is 13.6. The molecular formula is C20H30ClNO3. The topological polar surface area (TPSA) is 38.8 Å². The Morgan fingerprint density at radius 3 is 2.48 bits per heavy atom. The van der Waals surface area contributed by atoms with Crippen molar-refractivity contribution in [2.24, 2.45) is 0 Å². The fraction of sp³-hybridized carbons (Fsp3) is 0.650. The number of ether oxygens (including phenoxy) is 2. The normalized spacial score (nSPS) is 17.2. The number of rotatable bonds is 10. The molecule has 5 heteroatoms. The van der Waals surface area contributed by atoms with Gasteiger partial charge < -0.3 is 14.4 Å². The van der Waals surface area contributed by atoms with E-state index in [1.54, 1.807) is 6.92 Å². The van der Waals surface area contributed by atoms with Crippen molar-refractivity contribution in [3.63, 3.8) is 0 Å². The molecule has 0 radical (unpaired) electrons. The zero-order valence-electron chi connectivity index (χ0n) is 15.6. The van der Waals surface area contributed by atoms with Crippen LogP contribution in [0.2, 0.25) is 5.02 Å². The van der Waals surface area contributed by atoms with Gasteiger partial charge in [-0.25, -0.2) is 4.79 Å². The molecule has 0 heterocycles. The van der Waals surface area contributed by atoms with Crippen molar-refractivity contribution in [3.8, 4) is 0 Å². The minimum atomic E-state index is -0.289. The zero-order chi connectivity index (χ0) is 18.3. The van der Waals surface area contributed by atoms with E-state index in [1.165, 1.54) is 24.8 Å². The van der Waals surface area contributed by atoms with Gasteiger partial charge in [-0.05, 0) is 64.4 Å². The minimum Gasteiger partial charge on any atom is -0.464 e. The van der Waals surface area contributed by atoms with Crippen LogP contribution in [0.4, 0.5) is 0 Å². The van der Waals surface area contributed by atoms with Crippen LogP contribution in [0, 0.1) is 0 Å². The lowest BCUT2D eigenvalue weighted by Gasteiger charge is -2.51. The molecule has 0 saturated heterocycles. The summed E-state index contributed by atoms with van der Waals surface area (Å²) in [5, 5.41) is 0.784. The molecule has 1 fully saturated rings. The Morgan fingerprint density at radius 2 is 1.96 bits per heavy atom. The van der Waals surface area contributed by atoms with Gasteiger partial charge in [0.15, 0.2) is 0 Å². The number of likely N-dealkylation sites (N-methyl/N-ethyl adjacent to an activating group) is 1. The summed E-state index contributed by atoms with van der Waals surface area (Å²) in [5.41, 5.74) is 1.59. The number of carbonyl (C=O) groups is 1. The number of halogens is 1. The van der Waals surface area contributed by atoms with E-state index in [4.69, 9.17) is 21.1 Å². The Labute approximate surface area is 156 Å². The SMILES string of the molecule is CCOC(=O)COCCCC(N(C)C)C1(c2ccc(Cl)cc2)CCC1. The van der Waals surface area contributed by atoms with Gasteiger partial charge in [-0.3, -0.25) is 0 Å². The van der Waals surface area contributed by atoms with E-state index in [2.05, 4.69) is 31.1 Å². The Kier molecular flexibility index (Phi) is 7.73. The van der Waals surface area contributed by atoms with Crippen LogP contribution in [-0.4, -0.2) is 50.8 Å². The van der Waals surface area contributed by atoms with E-state index in [9.17, 15) is 4.79 Å². The zero-order valence-corrected chi connectivity index (χ0v) is 16.3. The van der Waals surface area contributed by atoms with Crippen molar-refractivity contribution in [1.29, 1.82) is 0 Å². The molecule has 0 aromatic heterocycles. The fourth-order valence-corrected chi connectivity index (χ4v) is 4.05. The molecule has 1 atom stereocenters. The largest absolute Gasteiger partial charge is 0.464 e. The van der Waals surface area contributed by atoms with Crippen LogP contribution < -0.4 is 0 Å². The first-order valence-corrected chi connectivity index (χ1v) is 9.53. The summed E-state index contributed by atoms with van der Waals surface area (Å²) < 4.78 is 10.3. The van der Waals surface area contributed by atoms with Crippen LogP contribution in [-0.2, 0) is 19.7 Å². The maximum Gasteiger partial charge on any atom is 0.332 e. The number of benzene rings is 1. The Morgan fingerprint density at radius 1 is 1.28 bits per heavy atom. The molecule has 0 bridgehead atoms. The van der Waals surface area contributed by atoms with Gasteiger partial charge in [0.05, 0.1) is 6.61 Å². The first kappa shape index (κ1) is 20.2. The molecule has 4 nitrogen and oxygen atoms in total. The molecule has 2 rings (SSSR count). The summed E-state index contributed by atoms with van der Waals surface area (Å²) in [5.74, 6) is -0.289. The molecule has 0 aliphatic heterocycles. The predicted molar refractivity (Wildman–Crippen MR) is 101 cm³/mol. The van der Waals surface area contributed by atoms with Crippen LogP contribution in [0.25, 0.3) is 0 Å². The molecule has 140 valence electrons. The van der Waals surface area contributed by atoms with E-state index in [-0.39, 0.29) is 18.0 Å². The second kappa shape index (κ2) is 9.56. The standard InChI is InChI=1S/C20H30ClNO3/c1-4-25-19(23)15-24-14-5-7-18(22(2)3)20(12-6-13-20)16-8-10-17(21)11-9-16/h8-11,18H,4-7,12-15H2,1-3H3. The number of hydrogen-bond donors (Lipinski definition) is 0. The van der Waals surface area contributed by atoms with Crippen molar-refractivity contribution < 1.29 is 14.3 Å². The fourth-order valence-electron chi connectivity index (χ4n) is 3.92. The first-order chi connectivity index (χ1) is 12.0. The van der Waals surface area contributed by atoms with Crippen molar-refractivity contribution >= 4 is 17.6 Å². The third kappa shape index (κ3) is 5.19. The molecule has 1 aliphatic rings. The highest BCUT2D eigenvalue weighted by Crippen LogP contribution is 2.49. The Hall–Kier alpha value is -1.10. The molecular weight excluding hydrogens is 338 g/mol. The van der Waals surface area contributed by atoms with Crippen LogP contribution in [0.15, 0.2) is 24.3 Å². The average Bonchev–Trinajstić information content (AvgIpc) is 2.53. The number of hydrogen-bond acceptors (Lipinski definition) is 4. The summed E-state index contributed by atoms with van der Waals surface area (Å²) >= 11 is 6.07. The van der Waals surface area contributed by atoms with Crippen LogP contribution in [0.5, 0.6) is 0 Å². The molecule has 1 aliphatic carbocycles. The second-order valence-electron chi connectivity index (χ2n) is 7.00. The monoisotopic (exact) mass is 367 g/mol. The third-order valence-corrected chi connectivity index (χ3v) is 5.47. The van der Waals surface area contributed by atoms with E-state index >= 15 is 0 Å². The van der Waals surface area contributed by atoms with Gasteiger partial charge in [0, 0.05) is 23.1 Å². The lowest BCUT2D eigenvalue weighted by Crippen LogP contribution is -2.52. The molecule has 0 spiro atoms. The van der Waals surface area contributed by atoms with Crippen molar-refractivity contribution in [1.82, 2.24) is 4.90 Å². The van der Waals surface area contributed by atoms with Crippen LogP contribution in [0.3, 0.4) is 0 Å². The number of nitrogens with zero attached hydrogens (tertiary/aromatic N) is 1. The second-order valence-corrected chi connectivity index (χ2v) is 7.43. The highest BCUT2D eigenvalue weighted by molar-refractivity contribution is 6.30. The quantitative estimate of drug-likeness (QED) is 0.462. The van der Waals surface area contributed by atoms with Gasteiger partial charge >= 0.3 is 5.97 Å². The predicted octanol–water partition coefficient (Wildman–Crippen LogP) is 4.05. The highest BCUT2D eigenvalue weighted by atomic mass is 35.5. The van der Waals surface area contributed by atoms with Crippen LogP contribution >= 0.6 is 11.6 Å². The van der Waals surface area contributed by atoms with Gasteiger partial charge in [-0.2, -0.15) is 0 Å². The summed E-state index contributed by atoms with van der Waals surface area (Å²) in [6, 6.07) is 8.79. The van der Waals surface area contributed by atoms with Crippen molar-refractivity contribution in [2.45, 2.75) is 50.5 Å². The molecule has 1 aromatic carbocycles. The Balaban J connectivity index is 1.92. The van der Waals surface area contributed by atoms with Crippen molar-refractivity contribution in [2.75, 3.05) is 33.9 Å². The summed E-state index contributed by atoms with van der Waals surface area (Å²) in [6.07, 6.45) is 5.66. The van der Waals surface area contributed by atoms with Gasteiger partial charge in [0.25, 0.3) is 0 Å². The molecule has 25 heavy (non-hydrogen) atoms. The minimum absolute atomic E-state index is 0.0444. The summed E-state index contributed by atoms with van der Waals surface area (Å²) in [7, 11) is 4.31. The maximum atomic E-state index is 11.3. The van der Waals surface area contributed by atoms with E-state index in [1.807, 2.05) is 12.1 Å². The van der Waals surface area contributed by atoms with E-state index in [0.717, 1.165) is 17.9 Å². The smallest absolute Gasteiger partial charge is 0.332 e. The lowest BCUT2D eigenvalue weighted by atomic mass is 9.59. The summed E-state index contributed by atoms with van der Waals surface area (Å²) in [6.45, 7) is 2.82. The highest BCUT2D eigenvalue weighted by Gasteiger charge is 2.45. The number of carbonyl (C=O) groups excluding carboxylic acids is 1. The van der Waals surface area contributed by atoms with E-state index < -0.39 is 0 Å². The molecule has 0 amide bonds. The Bertz CT molecular complexity index is 540. The first-order valence-electron chi connectivity index (χ1n) is 9.15. The van der Waals surface area contributed by atoms with Gasteiger partial charge in [0.1, 0.15) is 6.61 Å². The van der Waals surface area contributed by atoms with Crippen molar-refractivity contribution in [3.05, 3.63) is 34.9 Å².